The monoisotopic (exact) mass is 186 g/mol. The molecule has 1 aliphatic rings. The van der Waals surface area contributed by atoms with Crippen LogP contribution in [-0.2, 0) is 9.53 Å². The van der Waals surface area contributed by atoms with Gasteiger partial charge in [-0.15, -0.1) is 0 Å². The van der Waals surface area contributed by atoms with Crippen LogP contribution in [0.4, 0.5) is 0 Å². The Morgan fingerprint density at radius 1 is 1.46 bits per heavy atom. The second kappa shape index (κ2) is 5.94. The Hall–Kier alpha value is -0.610. The SMILES string of the molecule is CCC(=O)OCCN1CCNCC1. The Labute approximate surface area is 79.2 Å². The first-order valence-corrected chi connectivity index (χ1v) is 4.91. The average Bonchev–Trinajstić information content (AvgIpc) is 2.19. The van der Waals surface area contributed by atoms with Crippen molar-refractivity contribution in [2.45, 2.75) is 13.3 Å². The maximum atomic E-state index is 10.8. The number of esters is 1. The van der Waals surface area contributed by atoms with Crippen LogP contribution >= 0.6 is 0 Å². The molecule has 0 aromatic heterocycles. The van der Waals surface area contributed by atoms with Gasteiger partial charge < -0.3 is 10.1 Å². The predicted molar refractivity (Wildman–Crippen MR) is 50.6 cm³/mol. The minimum atomic E-state index is -0.102. The topological polar surface area (TPSA) is 41.6 Å². The van der Waals surface area contributed by atoms with Gasteiger partial charge in [0.1, 0.15) is 6.61 Å². The quantitative estimate of drug-likeness (QED) is 0.620. The third kappa shape index (κ3) is 4.24. The molecule has 1 N–H and O–H groups in total. The van der Waals surface area contributed by atoms with Crippen molar-refractivity contribution in [3.63, 3.8) is 0 Å². The Kier molecular flexibility index (Phi) is 4.78. The van der Waals surface area contributed by atoms with Crippen LogP contribution in [0.3, 0.4) is 0 Å². The van der Waals surface area contributed by atoms with Crippen LogP contribution in [0.15, 0.2) is 0 Å². The highest BCUT2D eigenvalue weighted by molar-refractivity contribution is 5.68. The summed E-state index contributed by atoms with van der Waals surface area (Å²) in [7, 11) is 0. The average molecular weight is 186 g/mol. The van der Waals surface area contributed by atoms with Gasteiger partial charge in [0.25, 0.3) is 0 Å². The fourth-order valence-electron chi connectivity index (χ4n) is 1.33. The molecule has 1 aliphatic heterocycles. The van der Waals surface area contributed by atoms with E-state index in [1.54, 1.807) is 0 Å². The van der Waals surface area contributed by atoms with Gasteiger partial charge in [-0.3, -0.25) is 9.69 Å². The molecule has 13 heavy (non-hydrogen) atoms. The molecule has 0 aliphatic carbocycles. The van der Waals surface area contributed by atoms with Gasteiger partial charge in [0.05, 0.1) is 0 Å². The third-order valence-electron chi connectivity index (χ3n) is 2.17. The van der Waals surface area contributed by atoms with Crippen LogP contribution in [0, 0.1) is 0 Å². The molecule has 4 heteroatoms. The van der Waals surface area contributed by atoms with Gasteiger partial charge in [-0.2, -0.15) is 0 Å². The number of carbonyl (C=O) groups excluding carboxylic acids is 1. The summed E-state index contributed by atoms with van der Waals surface area (Å²) in [5, 5.41) is 3.28. The molecule has 1 heterocycles. The predicted octanol–water partition coefficient (Wildman–Crippen LogP) is -0.155. The summed E-state index contributed by atoms with van der Waals surface area (Å²) in [5.41, 5.74) is 0. The Morgan fingerprint density at radius 2 is 2.15 bits per heavy atom. The van der Waals surface area contributed by atoms with Gasteiger partial charge in [0.2, 0.25) is 0 Å². The number of ether oxygens (including phenoxy) is 1. The van der Waals surface area contributed by atoms with Gasteiger partial charge in [-0.1, -0.05) is 6.92 Å². The number of nitrogens with one attached hydrogen (secondary N) is 1. The number of rotatable bonds is 4. The van der Waals surface area contributed by atoms with Crippen LogP contribution in [0.25, 0.3) is 0 Å². The number of piperazine rings is 1. The Morgan fingerprint density at radius 3 is 2.77 bits per heavy atom. The third-order valence-corrected chi connectivity index (χ3v) is 2.17. The van der Waals surface area contributed by atoms with Crippen LogP contribution in [-0.4, -0.2) is 50.2 Å². The molecule has 0 aromatic carbocycles. The van der Waals surface area contributed by atoms with Gasteiger partial charge in [-0.05, 0) is 0 Å². The minimum Gasteiger partial charge on any atom is -0.464 e. The van der Waals surface area contributed by atoms with Crippen LogP contribution in [0.2, 0.25) is 0 Å². The number of hydrogen-bond acceptors (Lipinski definition) is 4. The number of nitrogens with zero attached hydrogens (tertiary/aromatic N) is 1. The van der Waals surface area contributed by atoms with Crippen LogP contribution in [0.1, 0.15) is 13.3 Å². The zero-order valence-electron chi connectivity index (χ0n) is 8.21. The molecule has 0 aromatic rings. The van der Waals surface area contributed by atoms with Crippen LogP contribution < -0.4 is 5.32 Å². The van der Waals surface area contributed by atoms with E-state index in [2.05, 4.69) is 10.2 Å². The van der Waals surface area contributed by atoms with Gasteiger partial charge in [-0.25, -0.2) is 0 Å². The molecule has 0 saturated carbocycles. The molecule has 0 spiro atoms. The lowest BCUT2D eigenvalue weighted by atomic mass is 10.3. The molecule has 76 valence electrons. The second-order valence-corrected chi connectivity index (χ2v) is 3.17. The Bertz CT molecular complexity index is 156. The highest BCUT2D eigenvalue weighted by Crippen LogP contribution is 1.92. The highest BCUT2D eigenvalue weighted by atomic mass is 16.5. The maximum Gasteiger partial charge on any atom is 0.305 e. The number of hydrogen-bond donors (Lipinski definition) is 1. The summed E-state index contributed by atoms with van der Waals surface area (Å²) in [6.07, 6.45) is 0.474. The van der Waals surface area contributed by atoms with Crippen molar-refractivity contribution in [2.75, 3.05) is 39.3 Å². The summed E-state index contributed by atoms with van der Waals surface area (Å²) in [6.45, 7) is 7.42. The molecule has 1 saturated heterocycles. The molecule has 1 rings (SSSR count). The van der Waals surface area contributed by atoms with E-state index in [4.69, 9.17) is 4.74 Å². The summed E-state index contributed by atoms with van der Waals surface area (Å²) in [4.78, 5) is 13.1. The summed E-state index contributed by atoms with van der Waals surface area (Å²) in [6, 6.07) is 0. The zero-order chi connectivity index (χ0) is 9.52. The van der Waals surface area contributed by atoms with Crippen molar-refractivity contribution in [2.24, 2.45) is 0 Å². The fraction of sp³-hybridized carbons (Fsp3) is 0.889. The van der Waals surface area contributed by atoms with Crippen molar-refractivity contribution in [3.05, 3.63) is 0 Å². The smallest absolute Gasteiger partial charge is 0.305 e. The minimum absolute atomic E-state index is 0.102. The zero-order valence-corrected chi connectivity index (χ0v) is 8.21. The van der Waals surface area contributed by atoms with Crippen LogP contribution in [0.5, 0.6) is 0 Å². The van der Waals surface area contributed by atoms with E-state index < -0.39 is 0 Å². The molecule has 0 unspecified atom stereocenters. The van der Waals surface area contributed by atoms with E-state index >= 15 is 0 Å². The highest BCUT2D eigenvalue weighted by Gasteiger charge is 2.09. The largest absolute Gasteiger partial charge is 0.464 e. The van der Waals surface area contributed by atoms with Gasteiger partial charge in [0, 0.05) is 39.1 Å². The van der Waals surface area contributed by atoms with Crippen molar-refractivity contribution >= 4 is 5.97 Å². The van der Waals surface area contributed by atoms with E-state index in [0.717, 1.165) is 32.7 Å². The number of carbonyl (C=O) groups is 1. The molecule has 0 radical (unpaired) electrons. The molecular weight excluding hydrogens is 168 g/mol. The lowest BCUT2D eigenvalue weighted by Crippen LogP contribution is -2.44. The van der Waals surface area contributed by atoms with E-state index in [9.17, 15) is 4.79 Å². The van der Waals surface area contributed by atoms with E-state index in [1.165, 1.54) is 0 Å². The Balaban J connectivity index is 2.01. The van der Waals surface area contributed by atoms with Crippen molar-refractivity contribution in [1.29, 1.82) is 0 Å². The molecule has 0 atom stereocenters. The van der Waals surface area contributed by atoms with Gasteiger partial charge >= 0.3 is 5.97 Å². The molecule has 1 fully saturated rings. The molecular formula is C9H18N2O2. The fourth-order valence-corrected chi connectivity index (χ4v) is 1.33. The first kappa shape index (κ1) is 10.5. The lowest BCUT2D eigenvalue weighted by Gasteiger charge is -2.26. The second-order valence-electron chi connectivity index (χ2n) is 3.17. The molecule has 0 bridgehead atoms. The van der Waals surface area contributed by atoms with Gasteiger partial charge in [0.15, 0.2) is 0 Å². The summed E-state index contributed by atoms with van der Waals surface area (Å²) < 4.78 is 4.99. The maximum absolute atomic E-state index is 10.8. The normalized spacial score (nSPS) is 18.5. The van der Waals surface area contributed by atoms with E-state index in [-0.39, 0.29) is 5.97 Å². The standard InChI is InChI=1S/C9H18N2O2/c1-2-9(12)13-8-7-11-5-3-10-4-6-11/h10H,2-8H2,1H3. The molecule has 4 nitrogen and oxygen atoms in total. The van der Waals surface area contributed by atoms with E-state index in [0.29, 0.717) is 13.0 Å². The summed E-state index contributed by atoms with van der Waals surface area (Å²) in [5.74, 6) is -0.102. The van der Waals surface area contributed by atoms with E-state index in [1.807, 2.05) is 6.92 Å². The van der Waals surface area contributed by atoms with Crippen molar-refractivity contribution in [1.82, 2.24) is 10.2 Å². The van der Waals surface area contributed by atoms with Crippen molar-refractivity contribution in [3.8, 4) is 0 Å². The lowest BCUT2D eigenvalue weighted by molar-refractivity contribution is -0.143. The molecule has 0 amide bonds. The van der Waals surface area contributed by atoms with Crippen molar-refractivity contribution < 1.29 is 9.53 Å². The first-order valence-electron chi connectivity index (χ1n) is 4.91. The first-order chi connectivity index (χ1) is 6.33. The summed E-state index contributed by atoms with van der Waals surface area (Å²) >= 11 is 0.